The van der Waals surface area contributed by atoms with Gasteiger partial charge in [0.1, 0.15) is 0 Å². The molecule has 0 radical (unpaired) electrons. The van der Waals surface area contributed by atoms with Gasteiger partial charge in [-0.25, -0.2) is 5.10 Å². The second-order valence-electron chi connectivity index (χ2n) is 4.80. The maximum Gasteiger partial charge on any atom is 0.216 e. The first kappa shape index (κ1) is 14.9. The lowest BCUT2D eigenvalue weighted by atomic mass is 10.1. The molecule has 0 saturated carbocycles. The Labute approximate surface area is 141 Å². The summed E-state index contributed by atoms with van der Waals surface area (Å²) in [7, 11) is 0. The Morgan fingerprint density at radius 2 is 1.91 bits per heavy atom. The van der Waals surface area contributed by atoms with E-state index in [-0.39, 0.29) is 0 Å². The predicted octanol–water partition coefficient (Wildman–Crippen LogP) is 4.56. The third-order valence-corrected chi connectivity index (χ3v) is 4.16. The fourth-order valence-corrected chi connectivity index (χ4v) is 2.55. The molecule has 0 bridgehead atoms. The van der Waals surface area contributed by atoms with E-state index in [0.29, 0.717) is 10.6 Å². The predicted molar refractivity (Wildman–Crippen MR) is 94.7 cm³/mol. The van der Waals surface area contributed by atoms with Crippen LogP contribution < -0.4 is 0 Å². The van der Waals surface area contributed by atoms with Gasteiger partial charge in [-0.2, -0.15) is 14.9 Å². The average Bonchev–Trinajstić information content (AvgIpc) is 2.88. The second kappa shape index (κ2) is 6.37. The molecule has 0 spiro atoms. The molecule has 0 atom stereocenters. The van der Waals surface area contributed by atoms with Crippen molar-refractivity contribution in [2.45, 2.75) is 6.92 Å². The first-order valence-corrected chi connectivity index (χ1v) is 7.88. The SMILES string of the molecule is Cc1ccc(-c2n[nH]c(=S)n2/N=C/c2ccccc2Br)cc1. The molecule has 1 N–H and O–H groups in total. The van der Waals surface area contributed by atoms with Gasteiger partial charge < -0.3 is 0 Å². The fraction of sp³-hybridized carbons (Fsp3) is 0.0625. The van der Waals surface area contributed by atoms with Crippen molar-refractivity contribution in [1.82, 2.24) is 14.9 Å². The van der Waals surface area contributed by atoms with Crippen LogP contribution in [0.3, 0.4) is 0 Å². The summed E-state index contributed by atoms with van der Waals surface area (Å²) in [5, 5.41) is 11.5. The number of nitrogens with one attached hydrogen (secondary N) is 1. The molecule has 22 heavy (non-hydrogen) atoms. The number of halogens is 1. The van der Waals surface area contributed by atoms with Crippen molar-refractivity contribution in [3.8, 4) is 11.4 Å². The molecular formula is C16H13BrN4S. The normalized spacial score (nSPS) is 11.2. The third kappa shape index (κ3) is 3.08. The van der Waals surface area contributed by atoms with Crippen LogP contribution in [0.2, 0.25) is 0 Å². The molecule has 3 rings (SSSR count). The van der Waals surface area contributed by atoms with E-state index >= 15 is 0 Å². The van der Waals surface area contributed by atoms with E-state index in [1.165, 1.54) is 5.56 Å². The number of hydrogen-bond acceptors (Lipinski definition) is 3. The largest absolute Gasteiger partial charge is 0.250 e. The Hall–Kier alpha value is -2.05. The van der Waals surface area contributed by atoms with Crippen LogP contribution in [0.5, 0.6) is 0 Å². The molecule has 1 aromatic heterocycles. The highest BCUT2D eigenvalue weighted by Gasteiger charge is 2.07. The number of H-pyrrole nitrogens is 1. The molecule has 0 amide bonds. The monoisotopic (exact) mass is 372 g/mol. The van der Waals surface area contributed by atoms with Crippen molar-refractivity contribution >= 4 is 34.4 Å². The Balaban J connectivity index is 2.01. The zero-order chi connectivity index (χ0) is 15.5. The number of rotatable bonds is 3. The molecule has 0 aliphatic carbocycles. The van der Waals surface area contributed by atoms with E-state index in [4.69, 9.17) is 12.2 Å². The minimum atomic E-state index is 0.457. The number of hydrogen-bond donors (Lipinski definition) is 1. The van der Waals surface area contributed by atoms with Gasteiger partial charge in [-0.05, 0) is 25.2 Å². The van der Waals surface area contributed by atoms with Gasteiger partial charge in [0.15, 0.2) is 5.82 Å². The van der Waals surface area contributed by atoms with Crippen molar-refractivity contribution in [3.05, 3.63) is 68.9 Å². The summed E-state index contributed by atoms with van der Waals surface area (Å²) < 4.78 is 3.06. The summed E-state index contributed by atoms with van der Waals surface area (Å²) in [5.74, 6) is 0.688. The summed E-state index contributed by atoms with van der Waals surface area (Å²) in [6.07, 6.45) is 1.76. The lowest BCUT2D eigenvalue weighted by Gasteiger charge is -2.02. The highest BCUT2D eigenvalue weighted by Crippen LogP contribution is 2.18. The topological polar surface area (TPSA) is 46.0 Å². The third-order valence-electron chi connectivity index (χ3n) is 3.18. The smallest absolute Gasteiger partial charge is 0.216 e. The van der Waals surface area contributed by atoms with Crippen LogP contribution in [-0.2, 0) is 0 Å². The van der Waals surface area contributed by atoms with Crippen LogP contribution in [0.25, 0.3) is 11.4 Å². The summed E-state index contributed by atoms with van der Waals surface area (Å²) in [4.78, 5) is 0. The molecule has 1 heterocycles. The van der Waals surface area contributed by atoms with Gasteiger partial charge in [0, 0.05) is 15.6 Å². The molecule has 0 fully saturated rings. The van der Waals surface area contributed by atoms with E-state index in [0.717, 1.165) is 15.6 Å². The van der Waals surface area contributed by atoms with E-state index in [1.54, 1.807) is 10.9 Å². The molecule has 3 aromatic rings. The first-order chi connectivity index (χ1) is 10.6. The van der Waals surface area contributed by atoms with Gasteiger partial charge in [-0.1, -0.05) is 64.0 Å². The van der Waals surface area contributed by atoms with Crippen LogP contribution in [0, 0.1) is 11.7 Å². The van der Waals surface area contributed by atoms with Crippen molar-refractivity contribution < 1.29 is 0 Å². The standard InChI is InChI=1S/C16H13BrN4S/c1-11-6-8-12(9-7-11)15-19-20-16(22)21(15)18-10-13-4-2-3-5-14(13)17/h2-10H,1H3,(H,20,22)/b18-10+. The van der Waals surface area contributed by atoms with Crippen molar-refractivity contribution in [3.63, 3.8) is 0 Å². The quantitative estimate of drug-likeness (QED) is 0.540. The minimum absolute atomic E-state index is 0.457. The van der Waals surface area contributed by atoms with E-state index in [2.05, 4.69) is 31.2 Å². The highest BCUT2D eigenvalue weighted by atomic mass is 79.9. The zero-order valence-corrected chi connectivity index (χ0v) is 14.2. The summed E-state index contributed by atoms with van der Waals surface area (Å²) in [5.41, 5.74) is 3.13. The van der Waals surface area contributed by atoms with Crippen LogP contribution in [0.15, 0.2) is 58.1 Å². The maximum atomic E-state index is 5.27. The van der Waals surface area contributed by atoms with Gasteiger partial charge >= 0.3 is 0 Å². The van der Waals surface area contributed by atoms with Gasteiger partial charge in [-0.15, -0.1) is 0 Å². The van der Waals surface area contributed by atoms with Crippen LogP contribution in [0.1, 0.15) is 11.1 Å². The Kier molecular flexibility index (Phi) is 4.31. The lowest BCUT2D eigenvalue weighted by Crippen LogP contribution is -1.95. The minimum Gasteiger partial charge on any atom is -0.250 e. The lowest BCUT2D eigenvalue weighted by molar-refractivity contribution is 0.871. The van der Waals surface area contributed by atoms with E-state index < -0.39 is 0 Å². The van der Waals surface area contributed by atoms with Crippen LogP contribution in [0.4, 0.5) is 0 Å². The summed E-state index contributed by atoms with van der Waals surface area (Å²) in [6.45, 7) is 2.05. The van der Waals surface area contributed by atoms with Crippen molar-refractivity contribution in [1.29, 1.82) is 0 Å². The van der Waals surface area contributed by atoms with Crippen LogP contribution >= 0.6 is 28.1 Å². The molecule has 0 aliphatic rings. The second-order valence-corrected chi connectivity index (χ2v) is 6.04. The Morgan fingerprint density at radius 1 is 1.18 bits per heavy atom. The van der Waals surface area contributed by atoms with E-state index in [1.807, 2.05) is 55.5 Å². The zero-order valence-electron chi connectivity index (χ0n) is 11.8. The summed E-state index contributed by atoms with van der Waals surface area (Å²) in [6, 6.07) is 15.9. The highest BCUT2D eigenvalue weighted by molar-refractivity contribution is 9.10. The molecule has 6 heteroatoms. The van der Waals surface area contributed by atoms with Crippen LogP contribution in [-0.4, -0.2) is 21.1 Å². The van der Waals surface area contributed by atoms with Gasteiger partial charge in [-0.3, -0.25) is 0 Å². The molecule has 4 nitrogen and oxygen atoms in total. The number of nitrogens with zero attached hydrogens (tertiary/aromatic N) is 3. The maximum absolute atomic E-state index is 5.27. The van der Waals surface area contributed by atoms with E-state index in [9.17, 15) is 0 Å². The van der Waals surface area contributed by atoms with Crippen molar-refractivity contribution in [2.24, 2.45) is 5.10 Å². The Morgan fingerprint density at radius 3 is 2.64 bits per heavy atom. The van der Waals surface area contributed by atoms with Gasteiger partial charge in [0.25, 0.3) is 0 Å². The number of aromatic amines is 1. The molecule has 2 aromatic carbocycles. The Bertz CT molecular complexity index is 878. The van der Waals surface area contributed by atoms with Gasteiger partial charge in [0.2, 0.25) is 4.77 Å². The summed E-state index contributed by atoms with van der Waals surface area (Å²) >= 11 is 8.77. The number of aromatic nitrogens is 3. The average molecular weight is 373 g/mol. The molecular weight excluding hydrogens is 360 g/mol. The molecule has 110 valence electrons. The number of aryl methyl sites for hydroxylation is 1. The molecule has 0 unspecified atom stereocenters. The molecule has 0 aliphatic heterocycles. The van der Waals surface area contributed by atoms with Crippen molar-refractivity contribution in [2.75, 3.05) is 0 Å². The fourth-order valence-electron chi connectivity index (χ4n) is 1.99. The number of benzene rings is 2. The first-order valence-electron chi connectivity index (χ1n) is 6.68. The molecule has 0 saturated heterocycles. The van der Waals surface area contributed by atoms with Gasteiger partial charge in [0.05, 0.1) is 6.21 Å².